The van der Waals surface area contributed by atoms with Gasteiger partial charge in [0, 0.05) is 25.4 Å². The molecule has 1 saturated heterocycles. The molecule has 1 aliphatic heterocycles. The molecular weight excluding hydrogens is 298 g/mol. The number of nitrogens with zero attached hydrogens (tertiary/aromatic N) is 1. The van der Waals surface area contributed by atoms with Crippen molar-refractivity contribution in [3.63, 3.8) is 0 Å². The van der Waals surface area contributed by atoms with Crippen LogP contribution in [-0.4, -0.2) is 36.1 Å². The van der Waals surface area contributed by atoms with Crippen molar-refractivity contribution in [2.45, 2.75) is 38.4 Å². The van der Waals surface area contributed by atoms with Gasteiger partial charge in [-0.1, -0.05) is 60.7 Å². The SMILES string of the molecule is C[C@@H]1CN(C(=O)CC(c2ccccc2)c2ccccc2)C[C@@H](C)O1. The zero-order valence-corrected chi connectivity index (χ0v) is 14.4. The molecule has 0 saturated carbocycles. The Bertz CT molecular complexity index is 607. The maximum Gasteiger partial charge on any atom is 0.223 e. The first kappa shape index (κ1) is 16.7. The van der Waals surface area contributed by atoms with Crippen LogP contribution in [0, 0.1) is 0 Å². The van der Waals surface area contributed by atoms with Crippen LogP contribution in [0.5, 0.6) is 0 Å². The van der Waals surface area contributed by atoms with Crippen molar-refractivity contribution in [3.8, 4) is 0 Å². The fourth-order valence-electron chi connectivity index (χ4n) is 3.48. The van der Waals surface area contributed by atoms with Gasteiger partial charge in [-0.05, 0) is 25.0 Å². The number of carbonyl (C=O) groups is 1. The van der Waals surface area contributed by atoms with Crippen LogP contribution < -0.4 is 0 Å². The molecule has 3 rings (SSSR count). The summed E-state index contributed by atoms with van der Waals surface area (Å²) in [4.78, 5) is 14.9. The van der Waals surface area contributed by atoms with E-state index < -0.39 is 0 Å². The smallest absolute Gasteiger partial charge is 0.223 e. The highest BCUT2D eigenvalue weighted by molar-refractivity contribution is 5.78. The number of morpholine rings is 1. The average Bonchev–Trinajstić information content (AvgIpc) is 2.60. The molecule has 24 heavy (non-hydrogen) atoms. The van der Waals surface area contributed by atoms with Crippen molar-refractivity contribution >= 4 is 5.91 Å². The standard InChI is InChI=1S/C21H25NO2/c1-16-14-22(15-17(2)24-16)21(23)13-20(18-9-5-3-6-10-18)19-11-7-4-8-12-19/h3-12,16-17,20H,13-15H2,1-2H3/t16-,17-/m1/s1. The van der Waals surface area contributed by atoms with Gasteiger partial charge >= 0.3 is 0 Å². The van der Waals surface area contributed by atoms with Crippen molar-refractivity contribution in [2.24, 2.45) is 0 Å². The Morgan fingerprint density at radius 3 is 1.88 bits per heavy atom. The highest BCUT2D eigenvalue weighted by atomic mass is 16.5. The van der Waals surface area contributed by atoms with Crippen molar-refractivity contribution in [1.29, 1.82) is 0 Å². The lowest BCUT2D eigenvalue weighted by atomic mass is 9.88. The van der Waals surface area contributed by atoms with Gasteiger partial charge in [-0.25, -0.2) is 0 Å². The lowest BCUT2D eigenvalue weighted by Crippen LogP contribution is -2.48. The van der Waals surface area contributed by atoms with E-state index in [2.05, 4.69) is 24.3 Å². The zero-order valence-electron chi connectivity index (χ0n) is 14.4. The molecule has 3 nitrogen and oxygen atoms in total. The van der Waals surface area contributed by atoms with E-state index in [4.69, 9.17) is 4.74 Å². The second-order valence-corrected chi connectivity index (χ2v) is 6.63. The van der Waals surface area contributed by atoms with E-state index in [0.29, 0.717) is 19.5 Å². The Balaban J connectivity index is 1.81. The molecule has 0 aromatic heterocycles. The van der Waals surface area contributed by atoms with Crippen LogP contribution in [0.3, 0.4) is 0 Å². The molecule has 1 amide bonds. The van der Waals surface area contributed by atoms with Crippen LogP contribution in [0.1, 0.15) is 37.3 Å². The van der Waals surface area contributed by atoms with Gasteiger partial charge < -0.3 is 9.64 Å². The number of amides is 1. The molecule has 0 bridgehead atoms. The van der Waals surface area contributed by atoms with Crippen LogP contribution in [0.2, 0.25) is 0 Å². The summed E-state index contributed by atoms with van der Waals surface area (Å²) in [5.41, 5.74) is 2.37. The minimum atomic E-state index is 0.0911. The van der Waals surface area contributed by atoms with Crippen LogP contribution in [-0.2, 0) is 9.53 Å². The van der Waals surface area contributed by atoms with Crippen molar-refractivity contribution in [1.82, 2.24) is 4.90 Å². The molecule has 2 aromatic carbocycles. The monoisotopic (exact) mass is 323 g/mol. The molecule has 0 spiro atoms. The summed E-state index contributed by atoms with van der Waals surface area (Å²) in [5.74, 6) is 0.295. The predicted octanol–water partition coefficient (Wildman–Crippen LogP) is 3.84. The van der Waals surface area contributed by atoms with Crippen LogP contribution in [0.25, 0.3) is 0 Å². The summed E-state index contributed by atoms with van der Waals surface area (Å²) in [7, 11) is 0. The highest BCUT2D eigenvalue weighted by Gasteiger charge is 2.28. The Morgan fingerprint density at radius 2 is 1.42 bits per heavy atom. The maximum absolute atomic E-state index is 12.9. The van der Waals surface area contributed by atoms with Gasteiger partial charge in [0.2, 0.25) is 5.91 Å². The topological polar surface area (TPSA) is 29.5 Å². The molecule has 0 radical (unpaired) electrons. The Hall–Kier alpha value is -2.13. The molecule has 126 valence electrons. The Labute approximate surface area is 144 Å². The van der Waals surface area contributed by atoms with E-state index in [0.717, 1.165) is 0 Å². The first-order valence-electron chi connectivity index (χ1n) is 8.66. The molecule has 1 fully saturated rings. The number of hydrogen-bond acceptors (Lipinski definition) is 2. The van der Waals surface area contributed by atoms with Gasteiger partial charge in [0.15, 0.2) is 0 Å². The van der Waals surface area contributed by atoms with Gasteiger partial charge in [-0.2, -0.15) is 0 Å². The average molecular weight is 323 g/mol. The summed E-state index contributed by atoms with van der Waals surface area (Å²) < 4.78 is 5.75. The minimum Gasteiger partial charge on any atom is -0.372 e. The van der Waals surface area contributed by atoms with Crippen molar-refractivity contribution < 1.29 is 9.53 Å². The van der Waals surface area contributed by atoms with Gasteiger partial charge in [0.1, 0.15) is 0 Å². The van der Waals surface area contributed by atoms with E-state index in [1.165, 1.54) is 11.1 Å². The van der Waals surface area contributed by atoms with Crippen LogP contribution in [0.15, 0.2) is 60.7 Å². The fraction of sp³-hybridized carbons (Fsp3) is 0.381. The lowest BCUT2D eigenvalue weighted by Gasteiger charge is -2.36. The summed E-state index contributed by atoms with van der Waals surface area (Å²) in [5, 5.41) is 0. The van der Waals surface area contributed by atoms with Crippen LogP contribution >= 0.6 is 0 Å². The zero-order chi connectivity index (χ0) is 16.9. The van der Waals surface area contributed by atoms with E-state index in [1.807, 2.05) is 55.1 Å². The van der Waals surface area contributed by atoms with Gasteiger partial charge in [0.05, 0.1) is 12.2 Å². The second kappa shape index (κ2) is 7.63. The second-order valence-electron chi connectivity index (χ2n) is 6.63. The summed E-state index contributed by atoms with van der Waals surface area (Å²) in [6.07, 6.45) is 0.696. The molecule has 0 N–H and O–H groups in total. The molecule has 1 heterocycles. The number of ether oxygens (including phenoxy) is 1. The van der Waals surface area contributed by atoms with Gasteiger partial charge in [0.25, 0.3) is 0 Å². The largest absolute Gasteiger partial charge is 0.372 e. The van der Waals surface area contributed by atoms with Gasteiger partial charge in [-0.15, -0.1) is 0 Å². The fourth-order valence-corrected chi connectivity index (χ4v) is 3.48. The highest BCUT2D eigenvalue weighted by Crippen LogP contribution is 2.29. The van der Waals surface area contributed by atoms with Gasteiger partial charge in [-0.3, -0.25) is 4.79 Å². The summed E-state index contributed by atoms with van der Waals surface area (Å²) in [6, 6.07) is 20.6. The maximum atomic E-state index is 12.9. The molecule has 1 aliphatic rings. The first-order valence-corrected chi connectivity index (χ1v) is 8.66. The Morgan fingerprint density at radius 1 is 0.958 bits per heavy atom. The van der Waals surface area contributed by atoms with Crippen LogP contribution in [0.4, 0.5) is 0 Å². The lowest BCUT2D eigenvalue weighted by molar-refractivity contribution is -0.143. The normalized spacial score (nSPS) is 21.0. The van der Waals surface area contributed by atoms with Crippen molar-refractivity contribution in [3.05, 3.63) is 71.8 Å². The Kier molecular flexibility index (Phi) is 5.31. The molecule has 0 aliphatic carbocycles. The first-order chi connectivity index (χ1) is 11.6. The summed E-state index contributed by atoms with van der Waals surface area (Å²) in [6.45, 7) is 5.42. The van der Waals surface area contributed by atoms with E-state index in [-0.39, 0.29) is 24.0 Å². The third kappa shape index (κ3) is 4.04. The quantitative estimate of drug-likeness (QED) is 0.855. The molecular formula is C21H25NO2. The number of benzene rings is 2. The number of rotatable bonds is 4. The molecule has 0 unspecified atom stereocenters. The molecule has 2 atom stereocenters. The van der Waals surface area contributed by atoms with E-state index >= 15 is 0 Å². The minimum absolute atomic E-state index is 0.0911. The van der Waals surface area contributed by atoms with E-state index in [9.17, 15) is 4.79 Å². The van der Waals surface area contributed by atoms with Crippen molar-refractivity contribution in [2.75, 3.05) is 13.1 Å². The third-order valence-electron chi connectivity index (χ3n) is 4.55. The molecule has 3 heteroatoms. The predicted molar refractivity (Wildman–Crippen MR) is 95.9 cm³/mol. The summed E-state index contributed by atoms with van der Waals surface area (Å²) >= 11 is 0. The number of carbonyl (C=O) groups excluding carboxylic acids is 1. The number of hydrogen-bond donors (Lipinski definition) is 0. The van der Waals surface area contributed by atoms with E-state index in [1.54, 1.807) is 0 Å². The third-order valence-corrected chi connectivity index (χ3v) is 4.55. The molecule has 2 aromatic rings.